The van der Waals surface area contributed by atoms with Gasteiger partial charge in [0.2, 0.25) is 0 Å². The highest BCUT2D eigenvalue weighted by Crippen LogP contribution is 2.35. The fourth-order valence-electron chi connectivity index (χ4n) is 2.44. The first-order valence-corrected chi connectivity index (χ1v) is 5.87. The first-order valence-electron chi connectivity index (χ1n) is 5.87. The van der Waals surface area contributed by atoms with E-state index < -0.39 is 0 Å². The molecule has 0 aromatic heterocycles. The summed E-state index contributed by atoms with van der Waals surface area (Å²) in [6.45, 7) is 3.00. The monoisotopic (exact) mass is 217 g/mol. The molecule has 88 valence electrons. The van der Waals surface area contributed by atoms with Gasteiger partial charge < -0.3 is 14.8 Å². The maximum atomic E-state index is 11.9. The summed E-state index contributed by atoms with van der Waals surface area (Å²) in [6, 6.07) is 0. The van der Waals surface area contributed by atoms with Gasteiger partial charge in [0.15, 0.2) is 0 Å². The van der Waals surface area contributed by atoms with Crippen molar-refractivity contribution in [3.05, 3.63) is 0 Å². The van der Waals surface area contributed by atoms with Gasteiger partial charge in [0.05, 0.1) is 25.0 Å². The van der Waals surface area contributed by atoms with Crippen LogP contribution >= 0.6 is 0 Å². The molecule has 1 spiro atoms. The Morgan fingerprint density at radius 1 is 1.40 bits per heavy atom. The normalized spacial score (nSPS) is 29.8. The number of alkyl halides is 1. The molecule has 4 heteroatoms. The van der Waals surface area contributed by atoms with Crippen LogP contribution in [0.5, 0.6) is 0 Å². The molecule has 2 aliphatic rings. The van der Waals surface area contributed by atoms with Crippen molar-refractivity contribution in [3.63, 3.8) is 0 Å². The van der Waals surface area contributed by atoms with Gasteiger partial charge in [0, 0.05) is 13.0 Å². The lowest BCUT2D eigenvalue weighted by Crippen LogP contribution is -2.41. The molecule has 0 saturated carbocycles. The van der Waals surface area contributed by atoms with Crippen LogP contribution in [0, 0.1) is 0 Å². The summed E-state index contributed by atoms with van der Waals surface area (Å²) in [4.78, 5) is 0. The number of ether oxygens (including phenoxy) is 2. The van der Waals surface area contributed by atoms with E-state index in [4.69, 9.17) is 9.47 Å². The van der Waals surface area contributed by atoms with Crippen LogP contribution in [-0.2, 0) is 9.47 Å². The van der Waals surface area contributed by atoms with E-state index in [1.54, 1.807) is 0 Å². The lowest BCUT2D eigenvalue weighted by atomic mass is 9.89. The molecule has 1 atom stereocenters. The lowest BCUT2D eigenvalue weighted by molar-refractivity contribution is -0.0234. The fourth-order valence-corrected chi connectivity index (χ4v) is 2.44. The molecule has 0 bridgehead atoms. The second-order valence-electron chi connectivity index (χ2n) is 4.48. The number of rotatable bonds is 4. The zero-order chi connectivity index (χ0) is 10.6. The Hall–Kier alpha value is -0.190. The topological polar surface area (TPSA) is 30.5 Å². The Bertz CT molecular complexity index is 193. The van der Waals surface area contributed by atoms with Crippen LogP contribution in [0.15, 0.2) is 0 Å². The van der Waals surface area contributed by atoms with E-state index in [9.17, 15) is 4.39 Å². The van der Waals surface area contributed by atoms with E-state index in [0.29, 0.717) is 19.6 Å². The number of hydrogen-bond donors (Lipinski definition) is 1. The van der Waals surface area contributed by atoms with Gasteiger partial charge in [0.25, 0.3) is 0 Å². The molecule has 3 nitrogen and oxygen atoms in total. The molecule has 2 rings (SSSR count). The molecule has 0 aromatic carbocycles. The fraction of sp³-hybridized carbons (Fsp3) is 1.00. The summed E-state index contributed by atoms with van der Waals surface area (Å²) in [6.07, 6.45) is 3.84. The van der Waals surface area contributed by atoms with E-state index >= 15 is 0 Å². The molecular weight excluding hydrogens is 197 g/mol. The number of halogens is 1. The Balaban J connectivity index is 1.73. The quantitative estimate of drug-likeness (QED) is 0.719. The van der Waals surface area contributed by atoms with Gasteiger partial charge in [-0.05, 0) is 32.4 Å². The van der Waals surface area contributed by atoms with Crippen molar-refractivity contribution >= 4 is 0 Å². The van der Waals surface area contributed by atoms with Gasteiger partial charge in [-0.3, -0.25) is 4.39 Å². The van der Waals surface area contributed by atoms with Crippen molar-refractivity contribution in [3.8, 4) is 0 Å². The molecule has 1 unspecified atom stereocenters. The van der Waals surface area contributed by atoms with E-state index in [-0.39, 0.29) is 18.4 Å². The Morgan fingerprint density at radius 3 is 2.93 bits per heavy atom. The van der Waals surface area contributed by atoms with Gasteiger partial charge in [-0.15, -0.1) is 0 Å². The second kappa shape index (κ2) is 5.23. The predicted octanol–water partition coefficient (Wildman–Crippen LogP) is 1.27. The summed E-state index contributed by atoms with van der Waals surface area (Å²) in [5, 5.41) is 3.33. The van der Waals surface area contributed by atoms with Crippen molar-refractivity contribution < 1.29 is 13.9 Å². The van der Waals surface area contributed by atoms with E-state index in [2.05, 4.69) is 5.32 Å². The van der Waals surface area contributed by atoms with Crippen LogP contribution in [0.3, 0.4) is 0 Å². The summed E-state index contributed by atoms with van der Waals surface area (Å²) >= 11 is 0. The number of hydrogen-bond acceptors (Lipinski definition) is 3. The highest BCUT2D eigenvalue weighted by Gasteiger charge is 2.41. The summed E-state index contributed by atoms with van der Waals surface area (Å²) in [7, 11) is 0. The van der Waals surface area contributed by atoms with Crippen molar-refractivity contribution in [2.75, 3.05) is 33.0 Å². The van der Waals surface area contributed by atoms with Gasteiger partial charge in [-0.2, -0.15) is 0 Å². The zero-order valence-corrected chi connectivity index (χ0v) is 9.14. The lowest BCUT2D eigenvalue weighted by Gasteiger charge is -2.32. The minimum absolute atomic E-state index is 0.0611. The first-order chi connectivity index (χ1) is 7.35. The summed E-state index contributed by atoms with van der Waals surface area (Å²) in [5.41, 5.74) is 0.0611. The molecule has 15 heavy (non-hydrogen) atoms. The van der Waals surface area contributed by atoms with Crippen LogP contribution < -0.4 is 5.32 Å². The summed E-state index contributed by atoms with van der Waals surface area (Å²) in [5.74, 6) is 0. The van der Waals surface area contributed by atoms with Gasteiger partial charge >= 0.3 is 0 Å². The first kappa shape index (κ1) is 11.3. The highest BCUT2D eigenvalue weighted by molar-refractivity contribution is 4.93. The molecule has 2 fully saturated rings. The minimum atomic E-state index is -0.289. The third-order valence-corrected chi connectivity index (χ3v) is 3.32. The smallest absolute Gasteiger partial charge is 0.0916 e. The minimum Gasteiger partial charge on any atom is -0.376 e. The Morgan fingerprint density at radius 2 is 2.20 bits per heavy atom. The SMILES string of the molecule is FCCCOC1COC2(CCNCC2)C1. The largest absolute Gasteiger partial charge is 0.376 e. The predicted molar refractivity (Wildman–Crippen MR) is 55.7 cm³/mol. The van der Waals surface area contributed by atoms with Crippen LogP contribution in [0.25, 0.3) is 0 Å². The van der Waals surface area contributed by atoms with E-state index in [1.165, 1.54) is 0 Å². The molecule has 2 aliphatic heterocycles. The number of nitrogens with one attached hydrogen (secondary N) is 1. The number of piperidine rings is 1. The average Bonchev–Trinajstić information content (AvgIpc) is 2.63. The van der Waals surface area contributed by atoms with E-state index in [0.717, 1.165) is 32.4 Å². The van der Waals surface area contributed by atoms with Crippen molar-refractivity contribution in [1.82, 2.24) is 5.32 Å². The molecule has 0 aliphatic carbocycles. The van der Waals surface area contributed by atoms with Crippen molar-refractivity contribution in [1.29, 1.82) is 0 Å². The highest BCUT2D eigenvalue weighted by atomic mass is 19.1. The molecule has 2 saturated heterocycles. The third kappa shape index (κ3) is 2.89. The van der Waals surface area contributed by atoms with Crippen molar-refractivity contribution in [2.24, 2.45) is 0 Å². The van der Waals surface area contributed by atoms with Crippen LogP contribution in [0.4, 0.5) is 4.39 Å². The molecular formula is C11H20FNO2. The average molecular weight is 217 g/mol. The Labute approximate surface area is 90.3 Å². The molecule has 0 aromatic rings. The molecule has 1 N–H and O–H groups in total. The van der Waals surface area contributed by atoms with Gasteiger partial charge in [-0.1, -0.05) is 0 Å². The molecule has 0 radical (unpaired) electrons. The zero-order valence-electron chi connectivity index (χ0n) is 9.14. The second-order valence-corrected chi connectivity index (χ2v) is 4.48. The van der Waals surface area contributed by atoms with Crippen LogP contribution in [0.2, 0.25) is 0 Å². The standard InChI is InChI=1S/C11H20FNO2/c12-4-1-7-14-10-8-11(15-9-10)2-5-13-6-3-11/h10,13H,1-9H2. The van der Waals surface area contributed by atoms with Gasteiger partial charge in [0.1, 0.15) is 0 Å². The maximum absolute atomic E-state index is 11.9. The van der Waals surface area contributed by atoms with E-state index in [1.807, 2.05) is 0 Å². The van der Waals surface area contributed by atoms with Gasteiger partial charge in [-0.25, -0.2) is 0 Å². The third-order valence-electron chi connectivity index (χ3n) is 3.32. The molecule has 2 heterocycles. The van der Waals surface area contributed by atoms with Crippen LogP contribution in [0.1, 0.15) is 25.7 Å². The van der Waals surface area contributed by atoms with Crippen molar-refractivity contribution in [2.45, 2.75) is 37.4 Å². The maximum Gasteiger partial charge on any atom is 0.0916 e. The van der Waals surface area contributed by atoms with Crippen LogP contribution in [-0.4, -0.2) is 44.7 Å². The Kier molecular flexibility index (Phi) is 3.94. The molecule has 0 amide bonds. The summed E-state index contributed by atoms with van der Waals surface area (Å²) < 4.78 is 23.3.